The highest BCUT2D eigenvalue weighted by molar-refractivity contribution is 8.00. The monoisotopic (exact) mass is 183 g/mol. The van der Waals surface area contributed by atoms with Gasteiger partial charge in [-0.2, -0.15) is 0 Å². The molecule has 2 heteroatoms. The summed E-state index contributed by atoms with van der Waals surface area (Å²) in [5, 5.41) is 5.52. The molecule has 0 heterocycles. The van der Waals surface area contributed by atoms with Gasteiger partial charge in [0.05, 0.1) is 0 Å². The Morgan fingerprint density at radius 3 is 2.25 bits per heavy atom. The van der Waals surface area contributed by atoms with Gasteiger partial charge in [-0.25, -0.2) is 0 Å². The number of allylic oxidation sites excluding steroid dienone is 4. The number of nitrogens with two attached hydrogens (primary N) is 1. The van der Waals surface area contributed by atoms with Gasteiger partial charge in [0.1, 0.15) is 0 Å². The summed E-state index contributed by atoms with van der Waals surface area (Å²) < 4.78 is 0. The fourth-order valence-electron chi connectivity index (χ4n) is 1.62. The van der Waals surface area contributed by atoms with Crippen molar-refractivity contribution in [1.29, 1.82) is 0 Å². The molecule has 0 aromatic heterocycles. The third-order valence-corrected chi connectivity index (χ3v) is 2.73. The van der Waals surface area contributed by atoms with Gasteiger partial charge < -0.3 is 0 Å². The van der Waals surface area contributed by atoms with Gasteiger partial charge in [0.25, 0.3) is 0 Å². The first-order valence-corrected chi connectivity index (χ1v) is 5.10. The summed E-state index contributed by atoms with van der Waals surface area (Å²) in [6.07, 6.45) is 3.29. The maximum atomic E-state index is 5.52. The third-order valence-electron chi connectivity index (χ3n) is 2.16. The van der Waals surface area contributed by atoms with E-state index in [2.05, 4.69) is 33.8 Å². The summed E-state index contributed by atoms with van der Waals surface area (Å²) in [6.45, 7) is 8.92. The van der Waals surface area contributed by atoms with E-state index >= 15 is 0 Å². The molecule has 0 saturated carbocycles. The highest BCUT2D eigenvalue weighted by Gasteiger charge is 2.22. The van der Waals surface area contributed by atoms with Gasteiger partial charge in [-0.15, -0.1) is 0 Å². The molecule has 1 aliphatic rings. The lowest BCUT2D eigenvalue weighted by Gasteiger charge is -2.20. The molecule has 0 bridgehead atoms. The predicted octanol–water partition coefficient (Wildman–Crippen LogP) is 3.24. The normalized spacial score (nSPS) is 18.6. The van der Waals surface area contributed by atoms with Gasteiger partial charge in [0.2, 0.25) is 0 Å². The lowest BCUT2D eigenvalue weighted by molar-refractivity contribution is 0.514. The quantitative estimate of drug-likeness (QED) is 0.631. The summed E-state index contributed by atoms with van der Waals surface area (Å²) >= 11 is 1.38. The summed E-state index contributed by atoms with van der Waals surface area (Å²) in [4.78, 5) is 1.29. The standard InChI is InChI=1S/C10H17NS/c1-7-5-8(12-11)6-9(7)10(2,3)4/h6H,5,11H2,1-4H3. The van der Waals surface area contributed by atoms with Gasteiger partial charge in [0, 0.05) is 11.3 Å². The molecular weight excluding hydrogens is 166 g/mol. The first kappa shape index (κ1) is 9.87. The maximum absolute atomic E-state index is 5.52. The second-order valence-corrected chi connectivity index (χ2v) is 5.11. The van der Waals surface area contributed by atoms with Crippen LogP contribution < -0.4 is 5.14 Å². The van der Waals surface area contributed by atoms with E-state index in [0.717, 1.165) is 6.42 Å². The molecule has 0 unspecified atom stereocenters. The van der Waals surface area contributed by atoms with Crippen molar-refractivity contribution in [3.05, 3.63) is 22.1 Å². The van der Waals surface area contributed by atoms with E-state index < -0.39 is 0 Å². The fraction of sp³-hybridized carbons (Fsp3) is 0.600. The zero-order valence-electron chi connectivity index (χ0n) is 8.27. The topological polar surface area (TPSA) is 26.0 Å². The Morgan fingerprint density at radius 2 is 2.00 bits per heavy atom. The van der Waals surface area contributed by atoms with Crippen molar-refractivity contribution in [2.45, 2.75) is 34.1 Å². The van der Waals surface area contributed by atoms with Crippen LogP contribution in [0.15, 0.2) is 22.1 Å². The van der Waals surface area contributed by atoms with Crippen LogP contribution in [0, 0.1) is 5.41 Å². The summed E-state index contributed by atoms with van der Waals surface area (Å²) in [5.41, 5.74) is 3.19. The minimum Gasteiger partial charge on any atom is -0.274 e. The van der Waals surface area contributed by atoms with E-state index in [-0.39, 0.29) is 5.41 Å². The molecule has 0 aromatic carbocycles. The Morgan fingerprint density at radius 1 is 1.42 bits per heavy atom. The van der Waals surface area contributed by atoms with Crippen LogP contribution in [0.5, 0.6) is 0 Å². The Balaban J connectivity index is 2.90. The van der Waals surface area contributed by atoms with Crippen molar-refractivity contribution in [2.24, 2.45) is 10.6 Å². The van der Waals surface area contributed by atoms with Gasteiger partial charge in [-0.3, -0.25) is 5.14 Å². The number of hydrogen-bond acceptors (Lipinski definition) is 2. The summed E-state index contributed by atoms with van der Waals surface area (Å²) in [7, 11) is 0. The highest BCUT2D eigenvalue weighted by Crippen LogP contribution is 2.39. The summed E-state index contributed by atoms with van der Waals surface area (Å²) in [6, 6.07) is 0. The molecular formula is C10H17NS. The first-order chi connectivity index (χ1) is 5.45. The van der Waals surface area contributed by atoms with E-state index in [1.807, 2.05) is 0 Å². The van der Waals surface area contributed by atoms with E-state index in [1.54, 1.807) is 0 Å². The largest absolute Gasteiger partial charge is 0.274 e. The molecule has 0 atom stereocenters. The van der Waals surface area contributed by atoms with Crippen LogP contribution in [0.3, 0.4) is 0 Å². The van der Waals surface area contributed by atoms with Gasteiger partial charge >= 0.3 is 0 Å². The Hall–Kier alpha value is -0.210. The van der Waals surface area contributed by atoms with Gasteiger partial charge in [-0.1, -0.05) is 38.3 Å². The molecule has 2 N–H and O–H groups in total. The molecule has 12 heavy (non-hydrogen) atoms. The molecule has 0 saturated heterocycles. The van der Waals surface area contributed by atoms with E-state index in [1.165, 1.54) is 28.0 Å². The molecule has 0 radical (unpaired) electrons. The Bertz CT molecular complexity index is 243. The minimum absolute atomic E-state index is 0.265. The maximum Gasteiger partial charge on any atom is 0.00445 e. The molecule has 1 aliphatic carbocycles. The predicted molar refractivity (Wildman–Crippen MR) is 56.6 cm³/mol. The van der Waals surface area contributed by atoms with Crippen molar-refractivity contribution < 1.29 is 0 Å². The van der Waals surface area contributed by atoms with Crippen LogP contribution in [-0.2, 0) is 0 Å². The van der Waals surface area contributed by atoms with Crippen LogP contribution in [0.1, 0.15) is 34.1 Å². The zero-order valence-corrected chi connectivity index (χ0v) is 9.09. The van der Waals surface area contributed by atoms with E-state index in [0.29, 0.717) is 0 Å². The molecule has 68 valence electrons. The average molecular weight is 183 g/mol. The zero-order chi connectivity index (χ0) is 9.35. The van der Waals surface area contributed by atoms with Crippen LogP contribution in [0.2, 0.25) is 0 Å². The second-order valence-electron chi connectivity index (χ2n) is 4.35. The first-order valence-electron chi connectivity index (χ1n) is 4.22. The Labute approximate surface area is 79.2 Å². The van der Waals surface area contributed by atoms with Crippen molar-refractivity contribution >= 4 is 11.9 Å². The van der Waals surface area contributed by atoms with E-state index in [9.17, 15) is 0 Å². The molecule has 0 amide bonds. The van der Waals surface area contributed by atoms with Crippen LogP contribution in [0.25, 0.3) is 0 Å². The van der Waals surface area contributed by atoms with Crippen molar-refractivity contribution in [1.82, 2.24) is 0 Å². The summed E-state index contributed by atoms with van der Waals surface area (Å²) in [5.74, 6) is 0. The molecule has 0 aliphatic heterocycles. The lowest BCUT2D eigenvalue weighted by Crippen LogP contribution is -2.07. The van der Waals surface area contributed by atoms with Gasteiger partial charge in [-0.05, 0) is 24.0 Å². The number of hydrogen-bond donors (Lipinski definition) is 1. The minimum atomic E-state index is 0.265. The van der Waals surface area contributed by atoms with Crippen molar-refractivity contribution in [3.8, 4) is 0 Å². The van der Waals surface area contributed by atoms with Crippen LogP contribution >= 0.6 is 11.9 Å². The van der Waals surface area contributed by atoms with Crippen LogP contribution in [-0.4, -0.2) is 0 Å². The molecule has 0 spiro atoms. The van der Waals surface area contributed by atoms with Crippen molar-refractivity contribution in [3.63, 3.8) is 0 Å². The number of rotatable bonds is 1. The van der Waals surface area contributed by atoms with Crippen LogP contribution in [0.4, 0.5) is 0 Å². The smallest absolute Gasteiger partial charge is 0.00445 e. The molecule has 1 rings (SSSR count). The third kappa shape index (κ3) is 1.93. The fourth-order valence-corrected chi connectivity index (χ4v) is 2.11. The molecule has 0 aromatic rings. The lowest BCUT2D eigenvalue weighted by atomic mass is 9.85. The average Bonchev–Trinajstić information content (AvgIpc) is 2.29. The van der Waals surface area contributed by atoms with E-state index in [4.69, 9.17) is 5.14 Å². The Kier molecular flexibility index (Phi) is 2.69. The molecule has 1 nitrogen and oxygen atoms in total. The second kappa shape index (κ2) is 3.27. The molecule has 0 fully saturated rings. The van der Waals surface area contributed by atoms with Crippen molar-refractivity contribution in [2.75, 3.05) is 0 Å². The van der Waals surface area contributed by atoms with Gasteiger partial charge in [0.15, 0.2) is 0 Å². The highest BCUT2D eigenvalue weighted by atomic mass is 32.2. The SMILES string of the molecule is CC1=C(C(C)(C)C)C=C(SN)C1.